The van der Waals surface area contributed by atoms with Gasteiger partial charge in [-0.3, -0.25) is 0 Å². The predicted molar refractivity (Wildman–Crippen MR) is 86.0 cm³/mol. The zero-order valence-electron chi connectivity index (χ0n) is 14.1. The van der Waals surface area contributed by atoms with Crippen LogP contribution in [0.1, 0.15) is 11.1 Å². The summed E-state index contributed by atoms with van der Waals surface area (Å²) in [5, 5.41) is 0. The number of ether oxygens (including phenoxy) is 1. The Morgan fingerprint density at radius 1 is 0.571 bits per heavy atom. The van der Waals surface area contributed by atoms with Gasteiger partial charge >= 0.3 is 23.7 Å². The number of allylic oxidation sites excluding steroid dienone is 2. The third kappa shape index (κ3) is 2.51. The Morgan fingerprint density at radius 3 is 1.36 bits per heavy atom. The molecule has 0 amide bonds. The second kappa shape index (κ2) is 6.22. The molecule has 2 aromatic rings. The first kappa shape index (κ1) is 20.2. The zero-order valence-corrected chi connectivity index (χ0v) is 14.1. The lowest BCUT2D eigenvalue weighted by Crippen LogP contribution is -2.66. The molecule has 0 aromatic heterocycles. The topological polar surface area (TPSA) is 9.23 Å². The molecule has 0 spiro atoms. The Kier molecular flexibility index (Phi) is 4.48. The molecule has 1 aliphatic rings. The lowest BCUT2D eigenvalue weighted by Gasteiger charge is -2.44. The molecule has 1 aliphatic carbocycles. The third-order valence-corrected chi connectivity index (χ3v) is 4.50. The minimum Gasteiger partial charge on any atom is -0.497 e. The van der Waals surface area contributed by atoms with Crippen LogP contribution in [0.2, 0.25) is 0 Å². The van der Waals surface area contributed by atoms with Gasteiger partial charge < -0.3 is 4.74 Å². The largest absolute Gasteiger partial charge is 0.497 e. The van der Waals surface area contributed by atoms with Gasteiger partial charge in [0.15, 0.2) is 0 Å². The summed E-state index contributed by atoms with van der Waals surface area (Å²) in [6.45, 7) is 0. The van der Waals surface area contributed by atoms with Crippen molar-refractivity contribution in [2.75, 3.05) is 7.11 Å². The van der Waals surface area contributed by atoms with E-state index >= 15 is 0 Å². The molecule has 0 aliphatic heterocycles. The molecular weight excluding hydrogens is 396 g/mol. The molecule has 0 bridgehead atoms. The van der Waals surface area contributed by atoms with Gasteiger partial charge in [-0.1, -0.05) is 42.5 Å². The summed E-state index contributed by atoms with van der Waals surface area (Å²) in [6.07, 6.45) is 0. The van der Waals surface area contributed by atoms with Crippen molar-refractivity contribution < 1.29 is 39.9 Å². The second-order valence-electron chi connectivity index (χ2n) is 6.14. The van der Waals surface area contributed by atoms with Gasteiger partial charge in [-0.15, -0.1) is 0 Å². The fraction of sp³-hybridized carbons (Fsp3) is 0.263. The van der Waals surface area contributed by atoms with Crippen LogP contribution in [0.3, 0.4) is 0 Å². The highest BCUT2D eigenvalue weighted by atomic mass is 19.4. The normalized spacial score (nSPS) is 22.0. The fourth-order valence-corrected chi connectivity index (χ4v) is 3.04. The highest BCUT2D eigenvalue weighted by molar-refractivity contribution is 5.99. The van der Waals surface area contributed by atoms with E-state index in [0.29, 0.717) is 0 Å². The number of alkyl halides is 8. The lowest BCUT2D eigenvalue weighted by atomic mass is 9.75. The SMILES string of the molecule is COc1ccc(C2=C(c3ccccc3)C(F)(F)C(F)(F)C(F)(F)C2(F)F)cc1. The van der Waals surface area contributed by atoms with E-state index in [1.165, 1.54) is 13.2 Å². The number of rotatable bonds is 3. The van der Waals surface area contributed by atoms with Crippen molar-refractivity contribution in [2.24, 2.45) is 0 Å². The standard InChI is InChI=1S/C19H12F8O/c1-28-13-9-7-12(8-10-13)15-14(11-5-3-2-4-6-11)16(20,21)18(24,25)19(26,27)17(15,22)23/h2-10H,1H3. The summed E-state index contributed by atoms with van der Waals surface area (Å²) in [4.78, 5) is 0. The Labute approximate surface area is 154 Å². The van der Waals surface area contributed by atoms with Gasteiger partial charge in [0.1, 0.15) is 5.75 Å². The van der Waals surface area contributed by atoms with Crippen molar-refractivity contribution in [3.8, 4) is 5.75 Å². The number of halogens is 8. The van der Waals surface area contributed by atoms with E-state index < -0.39 is 46.0 Å². The Hall–Kier alpha value is -2.58. The summed E-state index contributed by atoms with van der Waals surface area (Å²) < 4.78 is 119. The number of hydrogen-bond donors (Lipinski definition) is 0. The Balaban J connectivity index is 2.45. The van der Waals surface area contributed by atoms with Crippen molar-refractivity contribution >= 4 is 11.1 Å². The molecule has 0 saturated heterocycles. The van der Waals surface area contributed by atoms with Crippen molar-refractivity contribution in [2.45, 2.75) is 23.7 Å². The number of hydrogen-bond acceptors (Lipinski definition) is 1. The molecule has 0 N–H and O–H groups in total. The average molecular weight is 408 g/mol. The predicted octanol–water partition coefficient (Wildman–Crippen LogP) is 6.16. The van der Waals surface area contributed by atoms with Crippen LogP contribution >= 0.6 is 0 Å². The van der Waals surface area contributed by atoms with Crippen LogP contribution in [0.25, 0.3) is 11.1 Å². The number of benzene rings is 2. The highest BCUT2D eigenvalue weighted by Gasteiger charge is 2.85. The smallest absolute Gasteiger partial charge is 0.382 e. The average Bonchev–Trinajstić information content (AvgIpc) is 2.65. The summed E-state index contributed by atoms with van der Waals surface area (Å²) in [7, 11) is 1.24. The molecule has 1 nitrogen and oxygen atoms in total. The molecule has 9 heteroatoms. The van der Waals surface area contributed by atoms with E-state index in [-0.39, 0.29) is 5.75 Å². The van der Waals surface area contributed by atoms with Gasteiger partial charge in [0.05, 0.1) is 7.11 Å². The molecule has 150 valence electrons. The van der Waals surface area contributed by atoms with Crippen molar-refractivity contribution in [3.05, 3.63) is 65.7 Å². The van der Waals surface area contributed by atoms with Crippen LogP contribution in [-0.2, 0) is 0 Å². The third-order valence-electron chi connectivity index (χ3n) is 4.50. The van der Waals surface area contributed by atoms with E-state index in [9.17, 15) is 35.1 Å². The minimum atomic E-state index is -6.32. The van der Waals surface area contributed by atoms with Gasteiger partial charge in [0, 0.05) is 11.1 Å². The first-order valence-electron chi connectivity index (χ1n) is 7.86. The van der Waals surface area contributed by atoms with Crippen molar-refractivity contribution in [3.63, 3.8) is 0 Å². The summed E-state index contributed by atoms with van der Waals surface area (Å²) >= 11 is 0. The first-order valence-corrected chi connectivity index (χ1v) is 7.86. The monoisotopic (exact) mass is 408 g/mol. The quantitative estimate of drug-likeness (QED) is 0.553. The van der Waals surface area contributed by atoms with Crippen LogP contribution in [0.5, 0.6) is 5.75 Å². The van der Waals surface area contributed by atoms with Gasteiger partial charge in [0.2, 0.25) is 0 Å². The maximum absolute atomic E-state index is 14.6. The molecule has 2 aromatic carbocycles. The van der Waals surface area contributed by atoms with Crippen LogP contribution in [0.4, 0.5) is 35.1 Å². The molecule has 0 heterocycles. The van der Waals surface area contributed by atoms with Crippen LogP contribution < -0.4 is 4.74 Å². The van der Waals surface area contributed by atoms with Gasteiger partial charge in [0.25, 0.3) is 0 Å². The van der Waals surface area contributed by atoms with Gasteiger partial charge in [-0.05, 0) is 23.3 Å². The minimum absolute atomic E-state index is 0.133. The molecule has 0 atom stereocenters. The molecule has 3 rings (SSSR count). The summed E-state index contributed by atoms with van der Waals surface area (Å²) in [5.41, 5.74) is -5.17. The lowest BCUT2D eigenvalue weighted by molar-refractivity contribution is -0.344. The molecular formula is C19H12F8O. The second-order valence-corrected chi connectivity index (χ2v) is 6.14. The van der Waals surface area contributed by atoms with Crippen molar-refractivity contribution in [1.29, 1.82) is 0 Å². The summed E-state index contributed by atoms with van der Waals surface area (Å²) in [5.74, 6) is -23.6. The molecule has 0 unspecified atom stereocenters. The molecule has 0 saturated carbocycles. The molecule has 0 fully saturated rings. The van der Waals surface area contributed by atoms with Crippen LogP contribution in [-0.4, -0.2) is 30.8 Å². The zero-order chi connectivity index (χ0) is 21.0. The first-order chi connectivity index (χ1) is 12.9. The van der Waals surface area contributed by atoms with Gasteiger partial charge in [-0.2, -0.15) is 35.1 Å². The maximum Gasteiger partial charge on any atom is 0.382 e. The summed E-state index contributed by atoms with van der Waals surface area (Å²) in [6, 6.07) is 9.20. The Bertz CT molecular complexity index is 901. The number of methoxy groups -OCH3 is 1. The van der Waals surface area contributed by atoms with E-state index in [4.69, 9.17) is 4.74 Å². The fourth-order valence-electron chi connectivity index (χ4n) is 3.04. The van der Waals surface area contributed by atoms with E-state index in [2.05, 4.69) is 0 Å². The molecule has 28 heavy (non-hydrogen) atoms. The van der Waals surface area contributed by atoms with E-state index in [1.807, 2.05) is 0 Å². The van der Waals surface area contributed by atoms with Crippen LogP contribution in [0.15, 0.2) is 54.6 Å². The van der Waals surface area contributed by atoms with Crippen LogP contribution in [0, 0.1) is 0 Å². The van der Waals surface area contributed by atoms with Crippen molar-refractivity contribution in [1.82, 2.24) is 0 Å². The maximum atomic E-state index is 14.6. The van der Waals surface area contributed by atoms with E-state index in [1.54, 1.807) is 0 Å². The molecule has 0 radical (unpaired) electrons. The highest BCUT2D eigenvalue weighted by Crippen LogP contribution is 2.65. The Morgan fingerprint density at radius 2 is 0.964 bits per heavy atom. The van der Waals surface area contributed by atoms with E-state index in [0.717, 1.165) is 48.5 Å². The van der Waals surface area contributed by atoms with Gasteiger partial charge in [-0.25, -0.2) is 0 Å².